The van der Waals surface area contributed by atoms with Crippen LogP contribution in [0.4, 0.5) is 10.5 Å². The van der Waals surface area contributed by atoms with Crippen LogP contribution in [0.5, 0.6) is 5.75 Å². The van der Waals surface area contributed by atoms with Gasteiger partial charge in [-0.25, -0.2) is 9.69 Å². The van der Waals surface area contributed by atoms with Gasteiger partial charge in [-0.15, -0.1) is 0 Å². The minimum Gasteiger partial charge on any atom is -0.491 e. The van der Waals surface area contributed by atoms with Crippen molar-refractivity contribution in [3.05, 3.63) is 131 Å². The Labute approximate surface area is 293 Å². The summed E-state index contributed by atoms with van der Waals surface area (Å²) in [5.74, 6) is -4.44. The number of hydrogen-bond acceptors (Lipinski definition) is 10. The number of carbonyl (C=O) groups is 4. The Morgan fingerprint density at radius 2 is 1.47 bits per heavy atom. The lowest BCUT2D eigenvalue weighted by Gasteiger charge is -2.46. The van der Waals surface area contributed by atoms with E-state index < -0.39 is 59.5 Å². The average molecular weight is 693 g/mol. The number of ether oxygens (including phenoxy) is 4. The number of amides is 2. The van der Waals surface area contributed by atoms with Crippen LogP contribution >= 0.6 is 0 Å². The van der Waals surface area contributed by atoms with Gasteiger partial charge in [-0.3, -0.25) is 19.3 Å². The fourth-order valence-corrected chi connectivity index (χ4v) is 8.04. The van der Waals surface area contributed by atoms with E-state index in [9.17, 15) is 24.6 Å². The van der Waals surface area contributed by atoms with Crippen LogP contribution in [0.15, 0.2) is 109 Å². The smallest absolute Gasteiger partial charge is 0.421 e. The van der Waals surface area contributed by atoms with Crippen LogP contribution in [-0.4, -0.2) is 78.6 Å². The number of fused-ring (bicyclic) bond motifs is 3. The molecule has 51 heavy (non-hydrogen) atoms. The average Bonchev–Trinajstić information content (AvgIpc) is 3.61. The van der Waals surface area contributed by atoms with Crippen LogP contribution in [-0.2, 0) is 34.0 Å². The van der Waals surface area contributed by atoms with Crippen molar-refractivity contribution in [3.63, 3.8) is 0 Å². The van der Waals surface area contributed by atoms with Crippen molar-refractivity contribution in [1.29, 1.82) is 0 Å². The molecule has 12 heteroatoms. The Bertz CT molecular complexity index is 1940. The number of carbonyl (C=O) groups excluding carboxylic acids is 3. The Morgan fingerprint density at radius 1 is 0.804 bits per heavy atom. The predicted octanol–water partition coefficient (Wildman–Crippen LogP) is 4.59. The molecule has 2 saturated heterocycles. The second-order valence-electron chi connectivity index (χ2n) is 12.5. The number of cyclic esters (lactones) is 1. The Morgan fingerprint density at radius 3 is 2.16 bits per heavy atom. The molecule has 4 aromatic rings. The first kappa shape index (κ1) is 33.9. The lowest BCUT2D eigenvalue weighted by molar-refractivity contribution is -0.179. The summed E-state index contributed by atoms with van der Waals surface area (Å²) in [5.41, 5.74) is 0.213. The van der Waals surface area contributed by atoms with E-state index >= 15 is 4.79 Å². The number of benzene rings is 4. The van der Waals surface area contributed by atoms with Crippen LogP contribution in [0.1, 0.15) is 40.4 Å². The highest BCUT2D eigenvalue weighted by atomic mass is 16.6. The maximum Gasteiger partial charge on any atom is 0.421 e. The molecule has 6 atom stereocenters. The molecule has 4 aromatic carbocycles. The van der Waals surface area contributed by atoms with Gasteiger partial charge in [0.1, 0.15) is 42.4 Å². The van der Waals surface area contributed by atoms with Crippen molar-refractivity contribution in [2.45, 2.75) is 29.6 Å². The zero-order valence-corrected chi connectivity index (χ0v) is 27.7. The number of methoxy groups -OCH3 is 1. The molecule has 0 radical (unpaired) electrons. The number of para-hydroxylation sites is 1. The van der Waals surface area contributed by atoms with E-state index in [1.807, 2.05) is 60.7 Å². The maximum atomic E-state index is 15.3. The summed E-state index contributed by atoms with van der Waals surface area (Å²) in [7, 11) is 1.44. The molecule has 2 fully saturated rings. The first-order valence-corrected chi connectivity index (χ1v) is 16.6. The summed E-state index contributed by atoms with van der Waals surface area (Å²) < 4.78 is 22.5. The number of imide groups is 1. The standard InChI is InChI=1S/C39H36N2O10/c1-48-21-22-50-38(47)40-29-18-9-8-17-28(29)39(37(40)46)30(35(43)44)32-36(45)51-33(25-13-6-3-7-14-25)31(24-11-4-2-5-12-24)41(32)34(39)26-15-10-16-27(23-26)49-20-19-42/h2-18,23,30-34,42H,19-22H2,1H3,(H,43,44)/t30-,31-,32-,33+,34+,39-/m1/s1. The van der Waals surface area contributed by atoms with E-state index in [2.05, 4.69) is 0 Å². The van der Waals surface area contributed by atoms with E-state index in [1.165, 1.54) is 7.11 Å². The van der Waals surface area contributed by atoms with Gasteiger partial charge >= 0.3 is 18.0 Å². The number of anilines is 1. The van der Waals surface area contributed by atoms with Gasteiger partial charge in [0.05, 0.1) is 31.0 Å². The fourth-order valence-electron chi connectivity index (χ4n) is 8.04. The predicted molar refractivity (Wildman–Crippen MR) is 182 cm³/mol. The summed E-state index contributed by atoms with van der Waals surface area (Å²) in [5, 5.41) is 20.7. The normalized spacial score (nSPS) is 25.3. The van der Waals surface area contributed by atoms with Gasteiger partial charge in [0.15, 0.2) is 0 Å². The van der Waals surface area contributed by atoms with Crippen molar-refractivity contribution in [2.24, 2.45) is 5.92 Å². The number of esters is 1. The van der Waals surface area contributed by atoms with Gasteiger partial charge in [0, 0.05) is 7.11 Å². The molecule has 7 rings (SSSR count). The Kier molecular flexibility index (Phi) is 9.30. The number of aliphatic carboxylic acids is 1. The van der Waals surface area contributed by atoms with E-state index in [1.54, 1.807) is 53.4 Å². The van der Waals surface area contributed by atoms with Crippen molar-refractivity contribution < 1.29 is 48.3 Å². The van der Waals surface area contributed by atoms with E-state index in [-0.39, 0.29) is 37.7 Å². The van der Waals surface area contributed by atoms with E-state index in [0.717, 1.165) is 10.5 Å². The van der Waals surface area contributed by atoms with Crippen LogP contribution in [0.2, 0.25) is 0 Å². The summed E-state index contributed by atoms with van der Waals surface area (Å²) in [6.45, 7) is -0.343. The van der Waals surface area contributed by atoms with Crippen LogP contribution in [0.25, 0.3) is 0 Å². The molecule has 0 bridgehead atoms. The summed E-state index contributed by atoms with van der Waals surface area (Å²) in [6.07, 6.45) is -1.90. The molecule has 0 unspecified atom stereocenters. The monoisotopic (exact) mass is 692 g/mol. The van der Waals surface area contributed by atoms with Crippen LogP contribution < -0.4 is 9.64 Å². The topological polar surface area (TPSA) is 152 Å². The zero-order valence-electron chi connectivity index (χ0n) is 27.7. The number of morpholine rings is 1. The molecule has 0 aliphatic carbocycles. The number of hydrogen-bond donors (Lipinski definition) is 2. The molecular weight excluding hydrogens is 656 g/mol. The molecular formula is C39H36N2O10. The SMILES string of the molecule is COCCOC(=O)N1C(=O)[C@@]2(c3ccccc31)[C@H](c1cccc(OCCO)c1)N1[C@H](c3ccccc3)[C@H](c3ccccc3)OC(=O)[C@H]1[C@@H]2C(=O)O. The van der Waals surface area contributed by atoms with E-state index in [0.29, 0.717) is 16.9 Å². The fraction of sp³-hybridized carbons (Fsp3) is 0.282. The summed E-state index contributed by atoms with van der Waals surface area (Å²) in [6, 6.07) is 28.3. The van der Waals surface area contributed by atoms with Gasteiger partial charge in [-0.05, 0) is 40.5 Å². The van der Waals surface area contributed by atoms with Gasteiger partial charge in [-0.1, -0.05) is 91.0 Å². The van der Waals surface area contributed by atoms with Crippen molar-refractivity contribution in [3.8, 4) is 5.75 Å². The quantitative estimate of drug-likeness (QED) is 0.177. The number of aliphatic hydroxyl groups excluding tert-OH is 1. The van der Waals surface area contributed by atoms with Crippen molar-refractivity contribution in [2.75, 3.05) is 38.4 Å². The largest absolute Gasteiger partial charge is 0.491 e. The Balaban J connectivity index is 1.53. The van der Waals surface area contributed by atoms with Gasteiger partial charge < -0.3 is 29.2 Å². The lowest BCUT2D eigenvalue weighted by atomic mass is 9.65. The second-order valence-corrected chi connectivity index (χ2v) is 12.5. The highest BCUT2D eigenvalue weighted by Gasteiger charge is 2.76. The first-order valence-electron chi connectivity index (χ1n) is 16.6. The van der Waals surface area contributed by atoms with Gasteiger partial charge in [0.25, 0.3) is 0 Å². The molecule has 3 heterocycles. The minimum absolute atomic E-state index is 0.0126. The molecule has 0 saturated carbocycles. The van der Waals surface area contributed by atoms with E-state index in [4.69, 9.17) is 18.9 Å². The van der Waals surface area contributed by atoms with Gasteiger partial charge in [0.2, 0.25) is 5.91 Å². The number of rotatable bonds is 10. The van der Waals surface area contributed by atoms with Gasteiger partial charge in [-0.2, -0.15) is 0 Å². The third-order valence-corrected chi connectivity index (χ3v) is 9.86. The molecule has 3 aliphatic rings. The van der Waals surface area contributed by atoms with Crippen molar-refractivity contribution >= 4 is 29.6 Å². The summed E-state index contributed by atoms with van der Waals surface area (Å²) in [4.78, 5) is 60.0. The molecule has 2 N–H and O–H groups in total. The molecule has 3 aliphatic heterocycles. The third kappa shape index (κ3) is 5.52. The number of carboxylic acids is 1. The molecule has 0 aromatic heterocycles. The van der Waals surface area contributed by atoms with Crippen LogP contribution in [0.3, 0.4) is 0 Å². The Hall–Kier alpha value is -5.56. The number of nitrogens with zero attached hydrogens (tertiary/aromatic N) is 2. The third-order valence-electron chi connectivity index (χ3n) is 9.86. The van der Waals surface area contributed by atoms with Crippen molar-refractivity contribution in [1.82, 2.24) is 4.90 Å². The highest BCUT2D eigenvalue weighted by Crippen LogP contribution is 2.65. The molecule has 262 valence electrons. The maximum absolute atomic E-state index is 15.3. The summed E-state index contributed by atoms with van der Waals surface area (Å²) >= 11 is 0. The lowest BCUT2D eigenvalue weighted by Crippen LogP contribution is -2.53. The number of carboxylic acid groups (broad SMARTS) is 1. The first-order chi connectivity index (χ1) is 24.8. The molecule has 2 amide bonds. The highest BCUT2D eigenvalue weighted by molar-refractivity contribution is 6.23. The zero-order chi connectivity index (χ0) is 35.7. The minimum atomic E-state index is -2.04. The molecule has 12 nitrogen and oxygen atoms in total. The number of aliphatic hydroxyl groups is 1. The second kappa shape index (κ2) is 14.0. The van der Waals surface area contributed by atoms with Crippen LogP contribution in [0, 0.1) is 5.92 Å². The molecule has 1 spiro atoms.